The molecular weight excluding hydrogens is 474 g/mol. The zero-order valence-electron chi connectivity index (χ0n) is 20.7. The van der Waals surface area contributed by atoms with Crippen LogP contribution in [0.4, 0.5) is 10.5 Å². The highest BCUT2D eigenvalue weighted by Gasteiger charge is 2.28. The Kier molecular flexibility index (Phi) is 8.35. The van der Waals surface area contributed by atoms with E-state index >= 15 is 0 Å². The molecule has 4 rings (SSSR count). The average molecular weight is 508 g/mol. The molecule has 1 aliphatic rings. The third kappa shape index (κ3) is 6.69. The fourth-order valence-electron chi connectivity index (χ4n) is 4.11. The van der Waals surface area contributed by atoms with Gasteiger partial charge in [0.2, 0.25) is 10.0 Å². The van der Waals surface area contributed by atoms with Crippen molar-refractivity contribution in [1.82, 2.24) is 19.5 Å². The third-order valence-corrected chi connectivity index (χ3v) is 8.22. The molecule has 9 heteroatoms. The molecule has 3 aromatic rings. The van der Waals surface area contributed by atoms with Gasteiger partial charge < -0.3 is 10.6 Å². The number of piperazine rings is 1. The summed E-state index contributed by atoms with van der Waals surface area (Å²) in [4.78, 5) is 18.7. The van der Waals surface area contributed by atoms with Crippen molar-refractivity contribution in [2.45, 2.75) is 37.8 Å². The Bertz CT molecular complexity index is 1240. The van der Waals surface area contributed by atoms with Crippen LogP contribution in [0.15, 0.2) is 78.0 Å². The second-order valence-corrected chi connectivity index (χ2v) is 11.2. The van der Waals surface area contributed by atoms with Gasteiger partial charge in [-0.1, -0.05) is 44.2 Å². The van der Waals surface area contributed by atoms with E-state index in [2.05, 4.69) is 58.6 Å². The number of carbonyl (C=O) groups is 1. The maximum absolute atomic E-state index is 13.1. The van der Waals surface area contributed by atoms with Crippen molar-refractivity contribution >= 4 is 21.7 Å². The monoisotopic (exact) mass is 507 g/mol. The highest BCUT2D eigenvalue weighted by molar-refractivity contribution is 7.89. The van der Waals surface area contributed by atoms with Gasteiger partial charge in [-0.25, -0.2) is 13.2 Å². The van der Waals surface area contributed by atoms with Gasteiger partial charge in [-0.3, -0.25) is 9.88 Å². The lowest BCUT2D eigenvalue weighted by molar-refractivity contribution is 0.181. The van der Waals surface area contributed by atoms with E-state index in [1.165, 1.54) is 27.6 Å². The number of nitrogens with one attached hydrogen (secondary N) is 2. The number of pyridine rings is 1. The van der Waals surface area contributed by atoms with Gasteiger partial charge >= 0.3 is 6.03 Å². The minimum atomic E-state index is -3.59. The van der Waals surface area contributed by atoms with Gasteiger partial charge in [0.25, 0.3) is 0 Å². The number of nitrogens with zero attached hydrogens (tertiary/aromatic N) is 3. The van der Waals surface area contributed by atoms with E-state index in [4.69, 9.17) is 0 Å². The molecule has 0 radical (unpaired) electrons. The lowest BCUT2D eigenvalue weighted by atomic mass is 10.0. The number of rotatable bonds is 8. The van der Waals surface area contributed by atoms with Crippen LogP contribution >= 0.6 is 0 Å². The maximum Gasteiger partial charge on any atom is 0.319 e. The van der Waals surface area contributed by atoms with E-state index in [9.17, 15) is 13.2 Å². The highest BCUT2D eigenvalue weighted by atomic mass is 32.2. The molecule has 2 N–H and O–H groups in total. The van der Waals surface area contributed by atoms with Crippen molar-refractivity contribution in [3.63, 3.8) is 0 Å². The Morgan fingerprint density at radius 2 is 1.64 bits per heavy atom. The van der Waals surface area contributed by atoms with E-state index in [-0.39, 0.29) is 10.9 Å². The molecule has 0 unspecified atom stereocenters. The summed E-state index contributed by atoms with van der Waals surface area (Å²) in [5.41, 5.74) is 3.97. The van der Waals surface area contributed by atoms with Crippen LogP contribution in [0.25, 0.3) is 0 Å². The molecule has 2 heterocycles. The summed E-state index contributed by atoms with van der Waals surface area (Å²) in [6.07, 6.45) is 3.36. The molecule has 1 aromatic heterocycles. The summed E-state index contributed by atoms with van der Waals surface area (Å²) in [5, 5.41) is 5.48. The number of anilines is 1. The number of urea groups is 1. The average Bonchev–Trinajstić information content (AvgIpc) is 2.89. The van der Waals surface area contributed by atoms with E-state index in [1.807, 2.05) is 6.07 Å². The first kappa shape index (κ1) is 25.8. The summed E-state index contributed by atoms with van der Waals surface area (Å²) >= 11 is 0. The summed E-state index contributed by atoms with van der Waals surface area (Å²) < 4.78 is 27.8. The molecule has 0 aliphatic carbocycles. The van der Waals surface area contributed by atoms with Gasteiger partial charge in [0.05, 0.1) is 4.90 Å². The number of hydrogen-bond acceptors (Lipinski definition) is 5. The predicted molar refractivity (Wildman–Crippen MR) is 141 cm³/mol. The molecule has 0 atom stereocenters. The van der Waals surface area contributed by atoms with Gasteiger partial charge in [-0.05, 0) is 52.9 Å². The number of hydrogen-bond donors (Lipinski definition) is 2. The van der Waals surface area contributed by atoms with Gasteiger partial charge in [0.15, 0.2) is 0 Å². The smallest absolute Gasteiger partial charge is 0.319 e. The van der Waals surface area contributed by atoms with Crippen LogP contribution < -0.4 is 10.6 Å². The molecule has 1 saturated heterocycles. The summed E-state index contributed by atoms with van der Waals surface area (Å²) in [7, 11) is -3.59. The first-order chi connectivity index (χ1) is 17.3. The van der Waals surface area contributed by atoms with E-state index < -0.39 is 10.0 Å². The van der Waals surface area contributed by atoms with Crippen LogP contribution in [0.2, 0.25) is 0 Å². The van der Waals surface area contributed by atoms with E-state index in [0.717, 1.165) is 12.1 Å². The second kappa shape index (κ2) is 11.6. The second-order valence-electron chi connectivity index (χ2n) is 9.27. The van der Waals surface area contributed by atoms with Crippen molar-refractivity contribution in [3.8, 4) is 0 Å². The van der Waals surface area contributed by atoms with Crippen molar-refractivity contribution in [2.24, 2.45) is 0 Å². The lowest BCUT2D eigenvalue weighted by Crippen LogP contribution is -2.48. The largest absolute Gasteiger partial charge is 0.334 e. The van der Waals surface area contributed by atoms with Gasteiger partial charge in [0.1, 0.15) is 0 Å². The lowest BCUT2D eigenvalue weighted by Gasteiger charge is -2.34. The quantitative estimate of drug-likeness (QED) is 0.480. The van der Waals surface area contributed by atoms with Gasteiger partial charge in [-0.15, -0.1) is 0 Å². The molecule has 0 saturated carbocycles. The molecule has 2 amide bonds. The molecule has 0 bridgehead atoms. The Hall–Kier alpha value is -3.27. The summed E-state index contributed by atoms with van der Waals surface area (Å²) in [6, 6.07) is 18.2. The Morgan fingerprint density at radius 3 is 2.25 bits per heavy atom. The molecule has 1 fully saturated rings. The fraction of sp³-hybridized carbons (Fsp3) is 0.333. The van der Waals surface area contributed by atoms with E-state index in [1.54, 1.807) is 30.6 Å². The zero-order valence-corrected chi connectivity index (χ0v) is 21.5. The molecule has 1 aliphatic heterocycles. The predicted octanol–water partition coefficient (Wildman–Crippen LogP) is 4.03. The summed E-state index contributed by atoms with van der Waals surface area (Å²) in [5.74, 6) is 0.507. The van der Waals surface area contributed by atoms with Crippen molar-refractivity contribution in [2.75, 3.05) is 31.5 Å². The molecular formula is C27H33N5O3S. The van der Waals surface area contributed by atoms with Crippen LogP contribution in [0.3, 0.4) is 0 Å². The number of aromatic nitrogens is 1. The zero-order chi connectivity index (χ0) is 25.5. The number of amides is 2. The normalized spacial score (nSPS) is 15.1. The Labute approximate surface area is 213 Å². The van der Waals surface area contributed by atoms with Crippen LogP contribution in [0, 0.1) is 0 Å². The number of carbonyl (C=O) groups excluding carboxylic acids is 1. The molecule has 8 nitrogen and oxygen atoms in total. The van der Waals surface area contributed by atoms with Crippen molar-refractivity contribution in [3.05, 3.63) is 89.7 Å². The first-order valence-electron chi connectivity index (χ1n) is 12.2. The maximum atomic E-state index is 13.1. The van der Waals surface area contributed by atoms with Crippen LogP contribution in [0.5, 0.6) is 0 Å². The van der Waals surface area contributed by atoms with Gasteiger partial charge in [-0.2, -0.15) is 4.31 Å². The Morgan fingerprint density at radius 1 is 0.944 bits per heavy atom. The summed E-state index contributed by atoms with van der Waals surface area (Å²) in [6.45, 7) is 7.79. The van der Waals surface area contributed by atoms with Crippen LogP contribution in [-0.4, -0.2) is 54.8 Å². The van der Waals surface area contributed by atoms with Gasteiger partial charge in [0, 0.05) is 57.3 Å². The number of sulfonamides is 1. The fourth-order valence-corrected chi connectivity index (χ4v) is 5.54. The SMILES string of the molecule is CC(C)c1ccc(CN2CCN(S(=O)(=O)c3ccc(NC(=O)NCc4cccnc4)cc3)CC2)cc1. The van der Waals surface area contributed by atoms with Crippen molar-refractivity contribution in [1.29, 1.82) is 0 Å². The van der Waals surface area contributed by atoms with Crippen molar-refractivity contribution < 1.29 is 13.2 Å². The molecule has 2 aromatic carbocycles. The first-order valence-corrected chi connectivity index (χ1v) is 13.6. The standard InChI is InChI=1S/C27H33N5O3S/c1-21(2)24-7-5-22(6-8-24)20-31-14-16-32(17-15-31)36(34,35)26-11-9-25(10-12-26)30-27(33)29-19-23-4-3-13-28-18-23/h3-13,18,21H,14-17,19-20H2,1-2H3,(H2,29,30,33). The Balaban J connectivity index is 1.27. The minimum Gasteiger partial charge on any atom is -0.334 e. The number of benzene rings is 2. The van der Waals surface area contributed by atoms with Crippen LogP contribution in [-0.2, 0) is 23.1 Å². The third-order valence-electron chi connectivity index (χ3n) is 6.31. The van der Waals surface area contributed by atoms with Crippen LogP contribution in [0.1, 0.15) is 36.5 Å². The molecule has 0 spiro atoms. The van der Waals surface area contributed by atoms with E-state index in [0.29, 0.717) is 44.3 Å². The minimum absolute atomic E-state index is 0.224. The molecule has 190 valence electrons. The highest BCUT2D eigenvalue weighted by Crippen LogP contribution is 2.21. The molecule has 36 heavy (non-hydrogen) atoms. The topological polar surface area (TPSA) is 94.6 Å².